The van der Waals surface area contributed by atoms with Crippen LogP contribution in [0.25, 0.3) is 0 Å². The number of rotatable bonds is 12. The number of ether oxygens (including phenoxy) is 2. The van der Waals surface area contributed by atoms with Gasteiger partial charge in [0.1, 0.15) is 0 Å². The first-order valence-electron chi connectivity index (χ1n) is 6.25. The molecule has 0 spiro atoms. The zero-order chi connectivity index (χ0) is 12.1. The Morgan fingerprint density at radius 1 is 0.812 bits per heavy atom. The molecule has 0 amide bonds. The van der Waals surface area contributed by atoms with Crippen molar-refractivity contribution in [1.29, 1.82) is 0 Å². The predicted octanol–water partition coefficient (Wildman–Crippen LogP) is 1.10. The highest BCUT2D eigenvalue weighted by molar-refractivity contribution is 4.58. The van der Waals surface area contributed by atoms with Gasteiger partial charge in [-0.1, -0.05) is 6.42 Å². The zero-order valence-corrected chi connectivity index (χ0v) is 10.9. The van der Waals surface area contributed by atoms with Gasteiger partial charge in [-0.2, -0.15) is 0 Å². The SMILES string of the molecule is COCCCN(CCCCCN)CCOC. The largest absolute Gasteiger partial charge is 0.385 e. The van der Waals surface area contributed by atoms with Crippen molar-refractivity contribution in [3.05, 3.63) is 0 Å². The van der Waals surface area contributed by atoms with Gasteiger partial charge in [0.05, 0.1) is 6.61 Å². The molecule has 0 aromatic carbocycles. The lowest BCUT2D eigenvalue weighted by Crippen LogP contribution is -2.30. The molecule has 16 heavy (non-hydrogen) atoms. The third kappa shape index (κ3) is 10.4. The summed E-state index contributed by atoms with van der Waals surface area (Å²) in [6.07, 6.45) is 4.69. The van der Waals surface area contributed by atoms with Crippen LogP contribution in [0.3, 0.4) is 0 Å². The first-order chi connectivity index (χ1) is 7.85. The second-order valence-electron chi connectivity index (χ2n) is 4.03. The number of nitrogens with two attached hydrogens (primary N) is 1. The molecule has 0 saturated carbocycles. The number of hydrogen-bond donors (Lipinski definition) is 1. The first-order valence-corrected chi connectivity index (χ1v) is 6.25. The maximum absolute atomic E-state index is 5.47. The Hall–Kier alpha value is -0.160. The molecule has 0 aromatic heterocycles. The van der Waals surface area contributed by atoms with Crippen molar-refractivity contribution in [3.63, 3.8) is 0 Å². The van der Waals surface area contributed by atoms with E-state index in [0.717, 1.165) is 52.2 Å². The average molecular weight is 232 g/mol. The molecule has 2 N–H and O–H groups in total. The standard InChI is InChI=1S/C12H28N2O2/c1-15-11-6-9-14(10-12-16-2)8-5-3-4-7-13/h3-13H2,1-2H3. The highest BCUT2D eigenvalue weighted by atomic mass is 16.5. The van der Waals surface area contributed by atoms with Crippen molar-refractivity contribution in [3.8, 4) is 0 Å². The van der Waals surface area contributed by atoms with Crippen LogP contribution in [0, 0.1) is 0 Å². The van der Waals surface area contributed by atoms with Crippen LogP contribution in [0.4, 0.5) is 0 Å². The maximum atomic E-state index is 5.47. The molecule has 4 nitrogen and oxygen atoms in total. The van der Waals surface area contributed by atoms with Gasteiger partial charge in [-0.15, -0.1) is 0 Å². The highest BCUT2D eigenvalue weighted by Crippen LogP contribution is 1.99. The minimum Gasteiger partial charge on any atom is -0.385 e. The molecule has 0 aliphatic carbocycles. The average Bonchev–Trinajstić information content (AvgIpc) is 2.31. The van der Waals surface area contributed by atoms with Crippen LogP contribution >= 0.6 is 0 Å². The van der Waals surface area contributed by atoms with E-state index in [1.54, 1.807) is 14.2 Å². The fraction of sp³-hybridized carbons (Fsp3) is 1.00. The number of unbranched alkanes of at least 4 members (excludes halogenated alkanes) is 2. The summed E-state index contributed by atoms with van der Waals surface area (Å²) in [5.41, 5.74) is 5.47. The Labute approximate surface area is 100 Å². The van der Waals surface area contributed by atoms with Crippen molar-refractivity contribution in [2.75, 3.05) is 53.6 Å². The van der Waals surface area contributed by atoms with E-state index in [4.69, 9.17) is 15.2 Å². The van der Waals surface area contributed by atoms with Gasteiger partial charge in [0.2, 0.25) is 0 Å². The van der Waals surface area contributed by atoms with Gasteiger partial charge >= 0.3 is 0 Å². The predicted molar refractivity (Wildman–Crippen MR) is 67.7 cm³/mol. The van der Waals surface area contributed by atoms with E-state index < -0.39 is 0 Å². The number of hydrogen-bond acceptors (Lipinski definition) is 4. The van der Waals surface area contributed by atoms with Crippen LogP contribution in [-0.4, -0.2) is 58.5 Å². The fourth-order valence-electron chi connectivity index (χ4n) is 1.64. The van der Waals surface area contributed by atoms with Crippen molar-refractivity contribution in [1.82, 2.24) is 4.90 Å². The molecular formula is C12H28N2O2. The number of nitrogens with zero attached hydrogens (tertiary/aromatic N) is 1. The Bertz CT molecular complexity index is 134. The van der Waals surface area contributed by atoms with E-state index >= 15 is 0 Å². The monoisotopic (exact) mass is 232 g/mol. The molecule has 0 aliphatic heterocycles. The molecule has 0 unspecified atom stereocenters. The van der Waals surface area contributed by atoms with E-state index in [0.29, 0.717) is 0 Å². The van der Waals surface area contributed by atoms with E-state index in [1.165, 1.54) is 12.8 Å². The molecule has 0 bridgehead atoms. The van der Waals surface area contributed by atoms with Crippen LogP contribution < -0.4 is 5.73 Å². The van der Waals surface area contributed by atoms with Crippen molar-refractivity contribution in [2.45, 2.75) is 25.7 Å². The van der Waals surface area contributed by atoms with Crippen LogP contribution in [0.5, 0.6) is 0 Å². The molecule has 0 aliphatic rings. The molecule has 4 heteroatoms. The van der Waals surface area contributed by atoms with Gasteiger partial charge in [-0.3, -0.25) is 0 Å². The van der Waals surface area contributed by atoms with Crippen LogP contribution in [0.15, 0.2) is 0 Å². The van der Waals surface area contributed by atoms with Crippen molar-refractivity contribution >= 4 is 0 Å². The Balaban J connectivity index is 3.54. The van der Waals surface area contributed by atoms with E-state index in [2.05, 4.69) is 4.90 Å². The second kappa shape index (κ2) is 12.9. The summed E-state index contributed by atoms with van der Waals surface area (Å²) in [5.74, 6) is 0. The van der Waals surface area contributed by atoms with Gasteiger partial charge in [0.15, 0.2) is 0 Å². The summed E-state index contributed by atoms with van der Waals surface area (Å²) in [5, 5.41) is 0. The van der Waals surface area contributed by atoms with E-state index in [-0.39, 0.29) is 0 Å². The van der Waals surface area contributed by atoms with E-state index in [9.17, 15) is 0 Å². The van der Waals surface area contributed by atoms with Crippen molar-refractivity contribution in [2.24, 2.45) is 5.73 Å². The van der Waals surface area contributed by atoms with E-state index in [1.807, 2.05) is 0 Å². The zero-order valence-electron chi connectivity index (χ0n) is 10.9. The molecule has 0 aromatic rings. The summed E-state index contributed by atoms with van der Waals surface area (Å²) in [7, 11) is 3.50. The van der Waals surface area contributed by atoms with Crippen molar-refractivity contribution < 1.29 is 9.47 Å². The third-order valence-corrected chi connectivity index (χ3v) is 2.61. The lowest BCUT2D eigenvalue weighted by Gasteiger charge is -2.21. The van der Waals surface area contributed by atoms with Gasteiger partial charge in [-0.25, -0.2) is 0 Å². The van der Waals surface area contributed by atoms with Gasteiger partial charge in [0, 0.05) is 33.9 Å². The quantitative estimate of drug-likeness (QED) is 0.512. The summed E-state index contributed by atoms with van der Waals surface area (Å²) in [6, 6.07) is 0. The minimum absolute atomic E-state index is 0.807. The molecule has 98 valence electrons. The molecule has 0 saturated heterocycles. The third-order valence-electron chi connectivity index (χ3n) is 2.61. The van der Waals surface area contributed by atoms with Gasteiger partial charge in [-0.05, 0) is 32.4 Å². The molecule has 0 radical (unpaired) electrons. The second-order valence-corrected chi connectivity index (χ2v) is 4.03. The molecule has 0 heterocycles. The summed E-state index contributed by atoms with van der Waals surface area (Å²) in [6.45, 7) is 5.72. The van der Waals surface area contributed by atoms with Gasteiger partial charge in [0.25, 0.3) is 0 Å². The molecular weight excluding hydrogens is 204 g/mol. The van der Waals surface area contributed by atoms with Gasteiger partial charge < -0.3 is 20.1 Å². The Morgan fingerprint density at radius 3 is 2.12 bits per heavy atom. The van der Waals surface area contributed by atoms with Crippen LogP contribution in [0.1, 0.15) is 25.7 Å². The smallest absolute Gasteiger partial charge is 0.0589 e. The molecule has 0 atom stereocenters. The van der Waals surface area contributed by atoms with Crippen LogP contribution in [-0.2, 0) is 9.47 Å². The summed E-state index contributed by atoms with van der Waals surface area (Å²) in [4.78, 5) is 2.44. The fourth-order valence-corrected chi connectivity index (χ4v) is 1.64. The maximum Gasteiger partial charge on any atom is 0.0589 e. The summed E-state index contributed by atoms with van der Waals surface area (Å²) >= 11 is 0. The first kappa shape index (κ1) is 15.8. The Morgan fingerprint density at radius 2 is 1.50 bits per heavy atom. The number of methoxy groups -OCH3 is 2. The molecule has 0 fully saturated rings. The topological polar surface area (TPSA) is 47.7 Å². The van der Waals surface area contributed by atoms with Crippen LogP contribution in [0.2, 0.25) is 0 Å². The lowest BCUT2D eigenvalue weighted by atomic mass is 10.2. The Kier molecular flexibility index (Phi) is 12.8. The minimum atomic E-state index is 0.807. The highest BCUT2D eigenvalue weighted by Gasteiger charge is 2.03. The molecule has 0 rings (SSSR count). The normalized spacial score (nSPS) is 11.2. The summed E-state index contributed by atoms with van der Waals surface area (Å²) < 4.78 is 10.2. The lowest BCUT2D eigenvalue weighted by molar-refractivity contribution is 0.131.